The smallest absolute Gasteiger partial charge is 0.180 e. The maximum atomic E-state index is 10.8. The van der Waals surface area contributed by atoms with E-state index in [1.807, 2.05) is 0 Å². The second-order valence-electron chi connectivity index (χ2n) is 2.02. The maximum Gasteiger partial charge on any atom is 0.180 e. The Kier molecular flexibility index (Phi) is 1.52. The Labute approximate surface area is 58.8 Å². The molecule has 56 valence electrons. The summed E-state index contributed by atoms with van der Waals surface area (Å²) >= 11 is 0. The quantitative estimate of drug-likeness (QED) is 0.597. The Morgan fingerprint density at radius 2 is 2.20 bits per heavy atom. The van der Waals surface area contributed by atoms with Crippen LogP contribution >= 0.6 is 0 Å². The largest absolute Gasteiger partial charge is 0.360 e. The first-order chi connectivity index (χ1) is 4.52. The fraction of sp³-hybridized carbons (Fsp3) is 0.400. The van der Waals surface area contributed by atoms with Gasteiger partial charge >= 0.3 is 0 Å². The second-order valence-corrected chi connectivity index (χ2v) is 4.00. The Morgan fingerprint density at radius 3 is 2.40 bits per heavy atom. The van der Waals surface area contributed by atoms with Crippen molar-refractivity contribution in [3.8, 4) is 0 Å². The molecule has 0 bridgehead atoms. The maximum absolute atomic E-state index is 10.8. The molecule has 0 radical (unpaired) electrons. The number of nitrogens with zero attached hydrogens (tertiary/aromatic N) is 1. The van der Waals surface area contributed by atoms with Gasteiger partial charge in [-0.3, -0.25) is 0 Å². The number of sulfone groups is 1. The van der Waals surface area contributed by atoms with Crippen molar-refractivity contribution in [1.82, 2.24) is 5.16 Å². The van der Waals surface area contributed by atoms with Crippen molar-refractivity contribution in [3.63, 3.8) is 0 Å². The van der Waals surface area contributed by atoms with Gasteiger partial charge < -0.3 is 4.52 Å². The molecular formula is C5H7NO3S. The summed E-state index contributed by atoms with van der Waals surface area (Å²) in [5, 5.41) is 3.33. The molecule has 0 N–H and O–H groups in total. The molecule has 1 rings (SSSR count). The van der Waals surface area contributed by atoms with Crippen molar-refractivity contribution in [2.24, 2.45) is 0 Å². The van der Waals surface area contributed by atoms with Gasteiger partial charge in [0.25, 0.3) is 0 Å². The molecule has 4 nitrogen and oxygen atoms in total. The van der Waals surface area contributed by atoms with E-state index in [2.05, 4.69) is 9.68 Å². The van der Waals surface area contributed by atoms with Gasteiger partial charge in [0.05, 0.1) is 6.20 Å². The zero-order valence-corrected chi connectivity index (χ0v) is 6.47. The average molecular weight is 161 g/mol. The van der Waals surface area contributed by atoms with Crippen LogP contribution in [0.2, 0.25) is 0 Å². The highest BCUT2D eigenvalue weighted by Crippen LogP contribution is 2.12. The number of aryl methyl sites for hydroxylation is 1. The first-order valence-electron chi connectivity index (χ1n) is 2.63. The van der Waals surface area contributed by atoms with Crippen LogP contribution in [0, 0.1) is 6.92 Å². The minimum Gasteiger partial charge on any atom is -0.360 e. The molecule has 10 heavy (non-hydrogen) atoms. The van der Waals surface area contributed by atoms with Gasteiger partial charge in [0.15, 0.2) is 15.6 Å². The van der Waals surface area contributed by atoms with Crippen molar-refractivity contribution in [2.45, 2.75) is 11.8 Å². The molecule has 1 aromatic rings. The Balaban J connectivity index is 3.32. The number of hydrogen-bond donors (Lipinski definition) is 0. The predicted octanol–water partition coefficient (Wildman–Crippen LogP) is 0.387. The third-order valence-corrected chi connectivity index (χ3v) is 2.30. The van der Waals surface area contributed by atoms with E-state index in [4.69, 9.17) is 0 Å². The minimum absolute atomic E-state index is 0.160. The van der Waals surface area contributed by atoms with E-state index < -0.39 is 9.84 Å². The minimum atomic E-state index is -3.15. The third-order valence-electron chi connectivity index (χ3n) is 1.11. The molecule has 0 aromatic carbocycles. The molecule has 0 aliphatic rings. The predicted molar refractivity (Wildman–Crippen MR) is 34.3 cm³/mol. The van der Waals surface area contributed by atoms with Crippen molar-refractivity contribution in [1.29, 1.82) is 0 Å². The van der Waals surface area contributed by atoms with E-state index in [0.29, 0.717) is 5.76 Å². The first-order valence-corrected chi connectivity index (χ1v) is 4.52. The second kappa shape index (κ2) is 2.09. The topological polar surface area (TPSA) is 60.2 Å². The molecule has 0 amide bonds. The summed E-state index contributed by atoms with van der Waals surface area (Å²) in [7, 11) is -3.15. The molecule has 0 saturated carbocycles. The van der Waals surface area contributed by atoms with Gasteiger partial charge in [-0.1, -0.05) is 5.16 Å². The van der Waals surface area contributed by atoms with Gasteiger partial charge in [-0.15, -0.1) is 0 Å². The third kappa shape index (κ3) is 1.18. The van der Waals surface area contributed by atoms with Crippen LogP contribution in [-0.4, -0.2) is 19.8 Å². The number of hydrogen-bond acceptors (Lipinski definition) is 4. The van der Waals surface area contributed by atoms with Gasteiger partial charge in [-0.05, 0) is 6.92 Å². The Bertz CT molecular complexity index is 324. The van der Waals surface area contributed by atoms with Crippen LogP contribution in [-0.2, 0) is 9.84 Å². The summed E-state index contributed by atoms with van der Waals surface area (Å²) in [4.78, 5) is 0.160. The molecule has 0 fully saturated rings. The lowest BCUT2D eigenvalue weighted by molar-refractivity contribution is 0.394. The molecule has 1 heterocycles. The summed E-state index contributed by atoms with van der Waals surface area (Å²) in [6.45, 7) is 1.56. The van der Waals surface area contributed by atoms with E-state index >= 15 is 0 Å². The molecule has 0 unspecified atom stereocenters. The number of aromatic nitrogens is 1. The standard InChI is InChI=1S/C5H7NO3S/c1-4-5(3-6-9-4)10(2,7)8/h3H,1-2H3. The zero-order valence-electron chi connectivity index (χ0n) is 5.66. The van der Waals surface area contributed by atoms with E-state index in [1.165, 1.54) is 6.20 Å². The summed E-state index contributed by atoms with van der Waals surface area (Å²) in [6, 6.07) is 0. The first kappa shape index (κ1) is 7.27. The molecular weight excluding hydrogens is 154 g/mol. The van der Waals surface area contributed by atoms with E-state index in [9.17, 15) is 8.42 Å². The van der Waals surface area contributed by atoms with Crippen LogP contribution in [0.25, 0.3) is 0 Å². The average Bonchev–Trinajstić information content (AvgIpc) is 2.11. The zero-order chi connectivity index (χ0) is 7.78. The molecule has 5 heteroatoms. The van der Waals surface area contributed by atoms with Crippen LogP contribution in [0.5, 0.6) is 0 Å². The van der Waals surface area contributed by atoms with Crippen LogP contribution in [0.3, 0.4) is 0 Å². The highest BCUT2D eigenvalue weighted by Gasteiger charge is 2.13. The summed E-state index contributed by atoms with van der Waals surface area (Å²) in [5.74, 6) is 0.336. The number of rotatable bonds is 1. The van der Waals surface area contributed by atoms with Crippen LogP contribution in [0.15, 0.2) is 15.6 Å². The highest BCUT2D eigenvalue weighted by molar-refractivity contribution is 7.90. The molecule has 0 atom stereocenters. The summed E-state index contributed by atoms with van der Waals surface area (Å²) in [6.07, 6.45) is 2.32. The lowest BCUT2D eigenvalue weighted by atomic mass is 10.5. The Hall–Kier alpha value is -0.840. The molecule has 0 saturated heterocycles. The van der Waals surface area contributed by atoms with Crippen molar-refractivity contribution in [2.75, 3.05) is 6.26 Å². The van der Waals surface area contributed by atoms with Gasteiger partial charge in [0, 0.05) is 6.26 Å². The van der Waals surface area contributed by atoms with Crippen molar-refractivity contribution < 1.29 is 12.9 Å². The van der Waals surface area contributed by atoms with E-state index in [1.54, 1.807) is 6.92 Å². The summed E-state index contributed by atoms with van der Waals surface area (Å²) in [5.41, 5.74) is 0. The Morgan fingerprint density at radius 1 is 1.60 bits per heavy atom. The highest BCUT2D eigenvalue weighted by atomic mass is 32.2. The fourth-order valence-electron chi connectivity index (χ4n) is 0.646. The van der Waals surface area contributed by atoms with Crippen molar-refractivity contribution in [3.05, 3.63) is 12.0 Å². The lowest BCUT2D eigenvalue weighted by Gasteiger charge is -1.89. The molecule has 1 aromatic heterocycles. The molecule has 0 aliphatic heterocycles. The SMILES string of the molecule is Cc1oncc1S(C)(=O)=O. The lowest BCUT2D eigenvalue weighted by Crippen LogP contribution is -1.96. The van der Waals surface area contributed by atoms with Gasteiger partial charge in [-0.25, -0.2) is 8.42 Å². The normalized spacial score (nSPS) is 11.8. The summed E-state index contributed by atoms with van der Waals surface area (Å²) < 4.78 is 26.2. The van der Waals surface area contributed by atoms with E-state index in [-0.39, 0.29) is 4.90 Å². The van der Waals surface area contributed by atoms with Gasteiger partial charge in [0.1, 0.15) is 4.90 Å². The fourth-order valence-corrected chi connectivity index (χ4v) is 1.44. The van der Waals surface area contributed by atoms with Crippen LogP contribution in [0.4, 0.5) is 0 Å². The van der Waals surface area contributed by atoms with Gasteiger partial charge in [0.2, 0.25) is 0 Å². The monoisotopic (exact) mass is 161 g/mol. The molecule has 0 aliphatic carbocycles. The van der Waals surface area contributed by atoms with E-state index in [0.717, 1.165) is 6.26 Å². The van der Waals surface area contributed by atoms with Crippen molar-refractivity contribution >= 4 is 9.84 Å². The van der Waals surface area contributed by atoms with Crippen LogP contribution < -0.4 is 0 Å². The van der Waals surface area contributed by atoms with Crippen LogP contribution in [0.1, 0.15) is 5.76 Å². The molecule has 0 spiro atoms. The van der Waals surface area contributed by atoms with Gasteiger partial charge in [-0.2, -0.15) is 0 Å².